The van der Waals surface area contributed by atoms with Crippen LogP contribution in [-0.2, 0) is 6.42 Å². The van der Waals surface area contributed by atoms with E-state index in [9.17, 15) is 0 Å². The second kappa shape index (κ2) is 6.53. The molecule has 22 heavy (non-hydrogen) atoms. The van der Waals surface area contributed by atoms with Crippen LogP contribution in [0.3, 0.4) is 0 Å². The summed E-state index contributed by atoms with van der Waals surface area (Å²) in [4.78, 5) is 0. The summed E-state index contributed by atoms with van der Waals surface area (Å²) < 4.78 is 0. The third-order valence-corrected chi connectivity index (χ3v) is 6.38. The van der Waals surface area contributed by atoms with E-state index in [-0.39, 0.29) is 12.4 Å². The van der Waals surface area contributed by atoms with E-state index in [0.29, 0.717) is 11.5 Å². The highest BCUT2D eigenvalue weighted by atomic mass is 35.5. The van der Waals surface area contributed by atoms with E-state index in [1.54, 1.807) is 19.3 Å². The van der Waals surface area contributed by atoms with Crippen LogP contribution in [0.25, 0.3) is 0 Å². The molecule has 0 spiro atoms. The quantitative estimate of drug-likeness (QED) is 0.818. The van der Waals surface area contributed by atoms with Crippen LogP contribution < -0.4 is 5.32 Å². The zero-order chi connectivity index (χ0) is 14.3. The van der Waals surface area contributed by atoms with Gasteiger partial charge in [-0.15, -0.1) is 12.4 Å². The molecule has 5 rings (SSSR count). The number of hydrogen-bond donors (Lipinski definition) is 1. The molecule has 1 nitrogen and oxygen atoms in total. The van der Waals surface area contributed by atoms with Crippen molar-refractivity contribution in [2.45, 2.75) is 57.9 Å². The van der Waals surface area contributed by atoms with E-state index in [4.69, 9.17) is 0 Å². The predicted octanol–water partition coefficient (Wildman–Crippen LogP) is 4.85. The van der Waals surface area contributed by atoms with E-state index in [0.717, 1.165) is 24.2 Å². The summed E-state index contributed by atoms with van der Waals surface area (Å²) in [5.74, 6) is 3.22. The third-order valence-electron chi connectivity index (χ3n) is 6.38. The monoisotopic (exact) mass is 319 g/mol. The summed E-state index contributed by atoms with van der Waals surface area (Å²) in [5, 5.41) is 3.89. The Labute approximate surface area is 141 Å². The van der Waals surface area contributed by atoms with E-state index in [1.807, 2.05) is 0 Å². The Bertz CT molecular complexity index is 448. The van der Waals surface area contributed by atoms with Gasteiger partial charge in [0.15, 0.2) is 0 Å². The molecule has 0 amide bonds. The lowest BCUT2D eigenvalue weighted by atomic mass is 9.49. The lowest BCUT2D eigenvalue weighted by Gasteiger charge is -2.57. The predicted molar refractivity (Wildman–Crippen MR) is 95.5 cm³/mol. The van der Waals surface area contributed by atoms with Crippen LogP contribution in [0.15, 0.2) is 30.3 Å². The maximum Gasteiger partial charge on any atom is 0.00793 e. The van der Waals surface area contributed by atoms with Gasteiger partial charge in [0.25, 0.3) is 0 Å². The molecule has 122 valence electrons. The van der Waals surface area contributed by atoms with Gasteiger partial charge in [-0.3, -0.25) is 0 Å². The molecule has 0 radical (unpaired) electrons. The first kappa shape index (κ1) is 16.3. The summed E-state index contributed by atoms with van der Waals surface area (Å²) in [5.41, 5.74) is 2.13. The van der Waals surface area contributed by atoms with Crippen LogP contribution in [0.1, 0.15) is 51.0 Å². The summed E-state index contributed by atoms with van der Waals surface area (Å²) >= 11 is 0. The van der Waals surface area contributed by atoms with Crippen LogP contribution in [0.2, 0.25) is 0 Å². The van der Waals surface area contributed by atoms with Gasteiger partial charge < -0.3 is 5.32 Å². The Morgan fingerprint density at radius 1 is 1.00 bits per heavy atom. The molecule has 0 aliphatic heterocycles. The van der Waals surface area contributed by atoms with Crippen molar-refractivity contribution in [2.24, 2.45) is 23.2 Å². The Hall–Kier alpha value is -0.530. The molecule has 0 heterocycles. The van der Waals surface area contributed by atoms with Gasteiger partial charge in [-0.25, -0.2) is 0 Å². The van der Waals surface area contributed by atoms with Crippen molar-refractivity contribution >= 4 is 12.4 Å². The summed E-state index contributed by atoms with van der Waals surface area (Å²) in [6.45, 7) is 3.62. The van der Waals surface area contributed by atoms with Gasteiger partial charge in [-0.1, -0.05) is 30.3 Å². The molecule has 4 saturated carbocycles. The smallest absolute Gasteiger partial charge is 0.00793 e. The fraction of sp³-hybridized carbons (Fsp3) is 0.700. The van der Waals surface area contributed by atoms with Gasteiger partial charge in [-0.2, -0.15) is 0 Å². The van der Waals surface area contributed by atoms with Crippen molar-refractivity contribution in [3.05, 3.63) is 35.9 Å². The fourth-order valence-corrected chi connectivity index (χ4v) is 5.94. The minimum Gasteiger partial charge on any atom is -0.313 e. The minimum absolute atomic E-state index is 0. The Morgan fingerprint density at radius 3 is 2.09 bits per heavy atom. The molecule has 1 unspecified atom stereocenters. The number of nitrogens with one attached hydrogen (secondary N) is 1. The highest BCUT2D eigenvalue weighted by molar-refractivity contribution is 5.85. The molecular weight excluding hydrogens is 290 g/mol. The highest BCUT2D eigenvalue weighted by Crippen LogP contribution is 2.59. The van der Waals surface area contributed by atoms with Gasteiger partial charge >= 0.3 is 0 Å². The van der Waals surface area contributed by atoms with Crippen LogP contribution >= 0.6 is 12.4 Å². The second-order valence-electron chi connectivity index (χ2n) is 8.39. The highest BCUT2D eigenvalue weighted by Gasteiger charge is 2.50. The van der Waals surface area contributed by atoms with Gasteiger partial charge in [0.2, 0.25) is 0 Å². The van der Waals surface area contributed by atoms with Crippen LogP contribution in [0.4, 0.5) is 0 Å². The topological polar surface area (TPSA) is 12.0 Å². The molecule has 4 fully saturated rings. The van der Waals surface area contributed by atoms with E-state index in [2.05, 4.69) is 42.6 Å². The minimum atomic E-state index is 0. The van der Waals surface area contributed by atoms with Crippen molar-refractivity contribution in [1.82, 2.24) is 5.32 Å². The van der Waals surface area contributed by atoms with Gasteiger partial charge in [-0.05, 0) is 80.6 Å². The SMILES string of the molecule is CC(Cc1ccccc1)NCC12CC3CC(CC(C3)C1)C2.Cl. The van der Waals surface area contributed by atoms with E-state index in [1.165, 1.54) is 31.4 Å². The molecule has 1 N–H and O–H groups in total. The van der Waals surface area contributed by atoms with Crippen molar-refractivity contribution in [3.63, 3.8) is 0 Å². The zero-order valence-corrected chi connectivity index (χ0v) is 14.6. The first-order valence-corrected chi connectivity index (χ1v) is 8.98. The van der Waals surface area contributed by atoms with Crippen molar-refractivity contribution in [1.29, 1.82) is 0 Å². The molecule has 1 aromatic carbocycles. The van der Waals surface area contributed by atoms with E-state index < -0.39 is 0 Å². The largest absolute Gasteiger partial charge is 0.313 e. The van der Waals surface area contributed by atoms with Gasteiger partial charge in [0.05, 0.1) is 0 Å². The van der Waals surface area contributed by atoms with E-state index >= 15 is 0 Å². The van der Waals surface area contributed by atoms with Crippen molar-refractivity contribution in [2.75, 3.05) is 6.54 Å². The van der Waals surface area contributed by atoms with Crippen molar-refractivity contribution < 1.29 is 0 Å². The van der Waals surface area contributed by atoms with Crippen molar-refractivity contribution in [3.8, 4) is 0 Å². The lowest BCUT2D eigenvalue weighted by molar-refractivity contribution is -0.0522. The van der Waals surface area contributed by atoms with Gasteiger partial charge in [0.1, 0.15) is 0 Å². The summed E-state index contributed by atoms with van der Waals surface area (Å²) in [6.07, 6.45) is 10.4. The maximum atomic E-state index is 3.89. The zero-order valence-electron chi connectivity index (χ0n) is 13.8. The van der Waals surface area contributed by atoms with Crippen LogP contribution in [0.5, 0.6) is 0 Å². The average molecular weight is 320 g/mol. The maximum absolute atomic E-state index is 3.89. The molecular formula is C20H30ClN. The summed E-state index contributed by atoms with van der Waals surface area (Å²) in [7, 11) is 0. The molecule has 1 atom stereocenters. The molecule has 0 aromatic heterocycles. The fourth-order valence-electron chi connectivity index (χ4n) is 5.94. The Balaban J connectivity index is 0.00000144. The normalized spacial score (nSPS) is 36.9. The number of rotatable bonds is 5. The Morgan fingerprint density at radius 2 is 1.55 bits per heavy atom. The van der Waals surface area contributed by atoms with Crippen LogP contribution in [-0.4, -0.2) is 12.6 Å². The molecule has 4 aliphatic carbocycles. The summed E-state index contributed by atoms with van der Waals surface area (Å²) in [6, 6.07) is 11.5. The first-order valence-electron chi connectivity index (χ1n) is 8.98. The lowest BCUT2D eigenvalue weighted by Crippen LogP contribution is -2.51. The number of benzene rings is 1. The molecule has 0 saturated heterocycles. The first-order chi connectivity index (χ1) is 10.2. The van der Waals surface area contributed by atoms with Crippen LogP contribution in [0, 0.1) is 23.2 Å². The Kier molecular flexibility index (Phi) is 4.85. The third kappa shape index (κ3) is 3.36. The second-order valence-corrected chi connectivity index (χ2v) is 8.39. The molecule has 4 bridgehead atoms. The van der Waals surface area contributed by atoms with Gasteiger partial charge in [0, 0.05) is 12.6 Å². The standard InChI is InChI=1S/C20H29N.ClH/c1-15(7-16-5-3-2-4-6-16)21-14-20-11-17-8-18(12-20)10-19(9-17)13-20;/h2-6,15,17-19,21H,7-14H2,1H3;1H. The number of hydrogen-bond acceptors (Lipinski definition) is 1. The molecule has 2 heteroatoms. The molecule has 4 aliphatic rings. The number of halogens is 1. The molecule has 1 aromatic rings. The average Bonchev–Trinajstić information content (AvgIpc) is 2.45.